The van der Waals surface area contributed by atoms with Gasteiger partial charge in [-0.05, 0) is 27.3 Å². The number of hydrogen-bond acceptors (Lipinski definition) is 5. The highest BCUT2D eigenvalue weighted by atomic mass is 127. The number of rotatable bonds is 10. The van der Waals surface area contributed by atoms with E-state index in [-0.39, 0.29) is 24.0 Å². The van der Waals surface area contributed by atoms with Gasteiger partial charge in [-0.3, -0.25) is 0 Å². The van der Waals surface area contributed by atoms with Crippen LogP contribution in [0.2, 0.25) is 0 Å². The zero-order chi connectivity index (χ0) is 17.1. The highest BCUT2D eigenvalue weighted by Crippen LogP contribution is 1.98. The van der Waals surface area contributed by atoms with Crippen molar-refractivity contribution in [3.05, 3.63) is 11.6 Å². The lowest BCUT2D eigenvalue weighted by molar-refractivity contribution is 0.180. The van der Waals surface area contributed by atoms with Crippen LogP contribution in [0.5, 0.6) is 0 Å². The first-order chi connectivity index (χ1) is 11.1. The fraction of sp³-hybridized carbons (Fsp3) is 0.800. The Balaban J connectivity index is 0.00000529. The van der Waals surface area contributed by atoms with Gasteiger partial charge in [-0.15, -0.1) is 34.2 Å². The van der Waals surface area contributed by atoms with Gasteiger partial charge in [-0.1, -0.05) is 0 Å². The number of aliphatic imine (C=N–C) groups is 1. The lowest BCUT2D eigenvalue weighted by atomic mass is 10.4. The predicted molar refractivity (Wildman–Crippen MR) is 108 cm³/mol. The third-order valence-electron chi connectivity index (χ3n) is 3.58. The summed E-state index contributed by atoms with van der Waals surface area (Å²) in [5.41, 5.74) is 0. The summed E-state index contributed by atoms with van der Waals surface area (Å²) in [4.78, 5) is 6.84. The van der Waals surface area contributed by atoms with Crippen LogP contribution in [-0.2, 0) is 18.3 Å². The Bertz CT molecular complexity index is 478. The molecule has 0 fully saturated rings. The van der Waals surface area contributed by atoms with E-state index in [1.54, 1.807) is 7.11 Å². The summed E-state index contributed by atoms with van der Waals surface area (Å²) in [6.45, 7) is 8.96. The number of ether oxygens (including phenoxy) is 1. The van der Waals surface area contributed by atoms with Crippen LogP contribution >= 0.6 is 24.0 Å². The molecule has 0 amide bonds. The van der Waals surface area contributed by atoms with Crippen LogP contribution in [0.3, 0.4) is 0 Å². The molecule has 0 radical (unpaired) electrons. The molecule has 0 aliphatic rings. The molecule has 1 aromatic rings. The maximum atomic E-state index is 5.07. The lowest BCUT2D eigenvalue weighted by Crippen LogP contribution is -2.41. The Labute approximate surface area is 162 Å². The van der Waals surface area contributed by atoms with E-state index in [4.69, 9.17) is 4.74 Å². The molecule has 0 bridgehead atoms. The molecule has 0 atom stereocenters. The van der Waals surface area contributed by atoms with Crippen LogP contribution in [0.1, 0.15) is 25.0 Å². The second-order valence-electron chi connectivity index (χ2n) is 5.49. The van der Waals surface area contributed by atoms with Crippen molar-refractivity contribution in [1.82, 2.24) is 30.3 Å². The number of nitrogens with zero attached hydrogens (tertiary/aromatic N) is 5. The summed E-state index contributed by atoms with van der Waals surface area (Å²) in [6.07, 6.45) is 1.05. The van der Waals surface area contributed by atoms with Gasteiger partial charge in [-0.25, -0.2) is 4.99 Å². The third-order valence-corrected chi connectivity index (χ3v) is 3.58. The van der Waals surface area contributed by atoms with Crippen molar-refractivity contribution in [2.45, 2.75) is 26.8 Å². The van der Waals surface area contributed by atoms with Gasteiger partial charge >= 0.3 is 0 Å². The normalized spacial score (nSPS) is 11.5. The van der Waals surface area contributed by atoms with Crippen molar-refractivity contribution in [3.63, 3.8) is 0 Å². The number of nitrogens with one attached hydrogen (secondary N) is 2. The van der Waals surface area contributed by atoms with E-state index >= 15 is 0 Å². The second-order valence-corrected chi connectivity index (χ2v) is 5.49. The van der Waals surface area contributed by atoms with Crippen LogP contribution in [-0.4, -0.2) is 72.6 Å². The van der Waals surface area contributed by atoms with Crippen LogP contribution in [0.25, 0.3) is 0 Å². The summed E-state index contributed by atoms with van der Waals surface area (Å²) >= 11 is 0. The highest BCUT2D eigenvalue weighted by Gasteiger charge is 2.05. The molecule has 1 aromatic heterocycles. The SMILES string of the molecule is CCNC(=NCc1nnc(C)n1C)NCCN(C)CCCOC.I. The maximum Gasteiger partial charge on any atom is 0.191 e. The van der Waals surface area contributed by atoms with Crippen molar-refractivity contribution in [3.8, 4) is 0 Å². The number of halogens is 1. The summed E-state index contributed by atoms with van der Waals surface area (Å²) in [5.74, 6) is 2.56. The van der Waals surface area contributed by atoms with Crippen LogP contribution in [0.15, 0.2) is 4.99 Å². The van der Waals surface area contributed by atoms with E-state index in [0.29, 0.717) is 6.54 Å². The van der Waals surface area contributed by atoms with Crippen LogP contribution in [0, 0.1) is 6.92 Å². The Hall–Kier alpha value is -0.940. The molecule has 0 aromatic carbocycles. The number of aromatic nitrogens is 3. The molecular weight excluding hydrogens is 421 g/mol. The second kappa shape index (κ2) is 13.4. The van der Waals surface area contributed by atoms with Crippen LogP contribution < -0.4 is 10.6 Å². The molecule has 0 aliphatic heterocycles. The molecule has 0 unspecified atom stereocenters. The van der Waals surface area contributed by atoms with Crippen molar-refractivity contribution in [1.29, 1.82) is 0 Å². The lowest BCUT2D eigenvalue weighted by Gasteiger charge is -2.18. The van der Waals surface area contributed by atoms with Crippen LogP contribution in [0.4, 0.5) is 0 Å². The smallest absolute Gasteiger partial charge is 0.191 e. The van der Waals surface area contributed by atoms with Gasteiger partial charge in [0.2, 0.25) is 0 Å². The number of methoxy groups -OCH3 is 1. The first-order valence-corrected chi connectivity index (χ1v) is 8.13. The van der Waals surface area contributed by atoms with Gasteiger partial charge in [0.05, 0.1) is 0 Å². The minimum absolute atomic E-state index is 0. The van der Waals surface area contributed by atoms with E-state index in [1.807, 2.05) is 18.5 Å². The Morgan fingerprint density at radius 1 is 1.29 bits per heavy atom. The van der Waals surface area contributed by atoms with Crippen molar-refractivity contribution < 1.29 is 4.74 Å². The summed E-state index contributed by atoms with van der Waals surface area (Å²) < 4.78 is 7.02. The maximum absolute atomic E-state index is 5.07. The monoisotopic (exact) mass is 453 g/mol. The molecule has 2 N–H and O–H groups in total. The molecule has 1 rings (SSSR count). The molecular formula is C15H32IN7O. The largest absolute Gasteiger partial charge is 0.385 e. The van der Waals surface area contributed by atoms with E-state index in [0.717, 1.165) is 56.8 Å². The van der Waals surface area contributed by atoms with E-state index in [2.05, 4.69) is 44.7 Å². The summed E-state index contributed by atoms with van der Waals surface area (Å²) in [7, 11) is 5.80. The van der Waals surface area contributed by atoms with Gasteiger partial charge in [0.25, 0.3) is 0 Å². The van der Waals surface area contributed by atoms with Crippen molar-refractivity contribution in [2.24, 2.45) is 12.0 Å². The first kappa shape index (κ1) is 23.1. The Kier molecular flexibility index (Phi) is 12.8. The number of likely N-dealkylation sites (N-methyl/N-ethyl adjacent to an activating group) is 1. The van der Waals surface area contributed by atoms with Gasteiger partial charge in [0, 0.05) is 46.9 Å². The molecule has 0 aliphatic carbocycles. The molecule has 0 saturated carbocycles. The molecule has 0 saturated heterocycles. The zero-order valence-electron chi connectivity index (χ0n) is 15.5. The van der Waals surface area contributed by atoms with Gasteiger partial charge < -0.3 is 24.8 Å². The molecule has 8 nitrogen and oxygen atoms in total. The highest BCUT2D eigenvalue weighted by molar-refractivity contribution is 14.0. The molecule has 0 spiro atoms. The predicted octanol–water partition coefficient (Wildman–Crippen LogP) is 0.765. The quantitative estimate of drug-likeness (QED) is 0.236. The Morgan fingerprint density at radius 3 is 2.62 bits per heavy atom. The number of guanidine groups is 1. The fourth-order valence-corrected chi connectivity index (χ4v) is 2.04. The zero-order valence-corrected chi connectivity index (χ0v) is 17.8. The topological polar surface area (TPSA) is 79.6 Å². The third kappa shape index (κ3) is 8.78. The van der Waals surface area contributed by atoms with E-state index in [1.165, 1.54) is 0 Å². The average Bonchev–Trinajstić information content (AvgIpc) is 2.84. The minimum Gasteiger partial charge on any atom is -0.385 e. The standard InChI is InChI=1S/C15H31N7O.HI/c1-6-16-15(17-8-10-21(3)9-7-11-23-5)18-12-14-20-19-13(2)22(14)4;/h6-12H2,1-5H3,(H2,16,17,18);1H. The van der Waals surface area contributed by atoms with E-state index < -0.39 is 0 Å². The van der Waals surface area contributed by atoms with Gasteiger partial charge in [0.1, 0.15) is 12.4 Å². The van der Waals surface area contributed by atoms with Gasteiger partial charge in [0.15, 0.2) is 11.8 Å². The molecule has 1 heterocycles. The average molecular weight is 453 g/mol. The molecule has 24 heavy (non-hydrogen) atoms. The Morgan fingerprint density at radius 2 is 2.04 bits per heavy atom. The molecule has 140 valence electrons. The van der Waals surface area contributed by atoms with Crippen molar-refractivity contribution in [2.75, 3.05) is 46.9 Å². The number of aryl methyl sites for hydroxylation is 1. The minimum atomic E-state index is 0. The number of hydrogen-bond donors (Lipinski definition) is 2. The summed E-state index contributed by atoms with van der Waals surface area (Å²) in [6, 6.07) is 0. The first-order valence-electron chi connectivity index (χ1n) is 8.13. The fourth-order valence-electron chi connectivity index (χ4n) is 2.04. The van der Waals surface area contributed by atoms with Gasteiger partial charge in [-0.2, -0.15) is 0 Å². The van der Waals surface area contributed by atoms with E-state index in [9.17, 15) is 0 Å². The summed E-state index contributed by atoms with van der Waals surface area (Å²) in [5, 5.41) is 14.8. The van der Waals surface area contributed by atoms with Crippen molar-refractivity contribution >= 4 is 29.9 Å². The molecule has 9 heteroatoms.